The number of carboxylic acids is 1. The Morgan fingerprint density at radius 2 is 1.74 bits per heavy atom. The summed E-state index contributed by atoms with van der Waals surface area (Å²) in [4.78, 5) is 23.8. The quantitative estimate of drug-likeness (QED) is 0.701. The maximum Gasteiger partial charge on any atom is 0.307 e. The lowest BCUT2D eigenvalue weighted by Crippen LogP contribution is -2.36. The third-order valence-corrected chi connectivity index (χ3v) is 5.47. The van der Waals surface area contributed by atoms with Gasteiger partial charge in [0.25, 0.3) is 0 Å². The van der Waals surface area contributed by atoms with Crippen LogP contribution in [0, 0.1) is 23.7 Å². The maximum atomic E-state index is 12.6. The van der Waals surface area contributed by atoms with E-state index in [0.717, 1.165) is 0 Å². The fraction of sp³-hybridized carbons (Fsp3) is 0.333. The molecule has 1 saturated carbocycles. The van der Waals surface area contributed by atoms with Crippen LogP contribution in [0.1, 0.15) is 6.42 Å². The van der Waals surface area contributed by atoms with Crippen LogP contribution in [0.5, 0.6) is 0 Å². The van der Waals surface area contributed by atoms with Crippen molar-refractivity contribution in [2.75, 3.05) is 5.32 Å². The average molecular weight is 336 g/mol. The molecule has 1 aromatic rings. The van der Waals surface area contributed by atoms with Crippen molar-refractivity contribution >= 4 is 27.6 Å². The number of allylic oxidation sites excluding steroid dienone is 2. The number of carbonyl (C=O) groups is 2. The summed E-state index contributed by atoms with van der Waals surface area (Å²) < 4.78 is 23.2. The highest BCUT2D eigenvalue weighted by Crippen LogP contribution is 2.48. The minimum Gasteiger partial charge on any atom is -0.481 e. The maximum absolute atomic E-state index is 12.6. The molecule has 3 rings (SSSR count). The molecule has 0 aliphatic heterocycles. The third-order valence-electron chi connectivity index (χ3n) is 4.50. The Morgan fingerprint density at radius 3 is 2.35 bits per heavy atom. The first-order valence-corrected chi connectivity index (χ1v) is 8.67. The highest BCUT2D eigenvalue weighted by molar-refractivity contribution is 7.89. The van der Waals surface area contributed by atoms with Gasteiger partial charge in [-0.3, -0.25) is 9.59 Å². The second kappa shape index (κ2) is 5.47. The SMILES string of the molecule is NS(=O)(=O)c1ccccc1NC(=O)C1C2C=CC(C2)C1C(=O)O. The Kier molecular flexibility index (Phi) is 3.73. The normalized spacial score (nSPS) is 28.7. The molecule has 0 aromatic heterocycles. The molecule has 0 radical (unpaired) electrons. The van der Waals surface area contributed by atoms with Crippen molar-refractivity contribution in [1.29, 1.82) is 0 Å². The zero-order valence-electron chi connectivity index (χ0n) is 12.0. The van der Waals surface area contributed by atoms with Gasteiger partial charge in [-0.1, -0.05) is 24.3 Å². The molecule has 4 unspecified atom stereocenters. The Bertz CT molecular complexity index is 802. The van der Waals surface area contributed by atoms with Crippen LogP contribution in [0.3, 0.4) is 0 Å². The molecular weight excluding hydrogens is 320 g/mol. The van der Waals surface area contributed by atoms with Crippen LogP contribution in [0.25, 0.3) is 0 Å². The summed E-state index contributed by atoms with van der Waals surface area (Å²) >= 11 is 0. The number of anilines is 1. The number of benzene rings is 1. The molecule has 23 heavy (non-hydrogen) atoms. The van der Waals surface area contributed by atoms with E-state index in [9.17, 15) is 23.1 Å². The lowest BCUT2D eigenvalue weighted by molar-refractivity contribution is -0.146. The van der Waals surface area contributed by atoms with Gasteiger partial charge < -0.3 is 10.4 Å². The predicted molar refractivity (Wildman–Crippen MR) is 81.8 cm³/mol. The van der Waals surface area contributed by atoms with E-state index < -0.39 is 33.7 Å². The van der Waals surface area contributed by atoms with Gasteiger partial charge in [0, 0.05) is 0 Å². The van der Waals surface area contributed by atoms with Gasteiger partial charge in [0.1, 0.15) is 4.90 Å². The van der Waals surface area contributed by atoms with Gasteiger partial charge in [0.05, 0.1) is 17.5 Å². The summed E-state index contributed by atoms with van der Waals surface area (Å²) in [6.45, 7) is 0. The number of hydrogen-bond donors (Lipinski definition) is 3. The van der Waals surface area contributed by atoms with E-state index in [1.54, 1.807) is 6.07 Å². The molecule has 0 heterocycles. The number of aliphatic carboxylic acids is 1. The minimum absolute atomic E-state index is 0.0656. The molecule has 0 saturated heterocycles. The van der Waals surface area contributed by atoms with Gasteiger partial charge in [0.2, 0.25) is 15.9 Å². The van der Waals surface area contributed by atoms with Crippen LogP contribution in [-0.4, -0.2) is 25.4 Å². The molecule has 4 N–H and O–H groups in total. The van der Waals surface area contributed by atoms with Gasteiger partial charge in [-0.05, 0) is 30.4 Å². The molecule has 1 aromatic carbocycles. The highest BCUT2D eigenvalue weighted by atomic mass is 32.2. The van der Waals surface area contributed by atoms with E-state index >= 15 is 0 Å². The molecular formula is C15H16N2O5S. The number of hydrogen-bond acceptors (Lipinski definition) is 4. The number of sulfonamides is 1. The monoisotopic (exact) mass is 336 g/mol. The van der Waals surface area contributed by atoms with Gasteiger partial charge in [-0.2, -0.15) is 0 Å². The molecule has 7 nitrogen and oxygen atoms in total. The van der Waals surface area contributed by atoms with E-state index in [2.05, 4.69) is 5.32 Å². The number of carboxylic acid groups (broad SMARTS) is 1. The number of para-hydroxylation sites is 1. The molecule has 8 heteroatoms. The van der Waals surface area contributed by atoms with E-state index in [4.69, 9.17) is 5.14 Å². The number of amides is 1. The Labute approximate surface area is 133 Å². The molecule has 2 aliphatic rings. The fourth-order valence-electron chi connectivity index (χ4n) is 3.55. The summed E-state index contributed by atoms with van der Waals surface area (Å²) in [5.41, 5.74) is 0.0656. The van der Waals surface area contributed by atoms with Crippen molar-refractivity contribution < 1.29 is 23.1 Å². The Morgan fingerprint density at radius 1 is 1.13 bits per heavy atom. The second-order valence-corrected chi connectivity index (χ2v) is 7.40. The van der Waals surface area contributed by atoms with Gasteiger partial charge >= 0.3 is 5.97 Å². The lowest BCUT2D eigenvalue weighted by atomic mass is 9.82. The van der Waals surface area contributed by atoms with Crippen molar-refractivity contribution in [2.45, 2.75) is 11.3 Å². The van der Waals surface area contributed by atoms with Crippen LogP contribution in [0.15, 0.2) is 41.3 Å². The van der Waals surface area contributed by atoms with Gasteiger partial charge in [-0.25, -0.2) is 13.6 Å². The molecule has 122 valence electrons. The first-order chi connectivity index (χ1) is 10.8. The van der Waals surface area contributed by atoms with Crippen LogP contribution in [0.2, 0.25) is 0 Å². The van der Waals surface area contributed by atoms with E-state index in [-0.39, 0.29) is 22.4 Å². The summed E-state index contributed by atoms with van der Waals surface area (Å²) in [6, 6.07) is 5.78. The number of nitrogens with one attached hydrogen (secondary N) is 1. The van der Waals surface area contributed by atoms with Crippen LogP contribution in [-0.2, 0) is 19.6 Å². The topological polar surface area (TPSA) is 127 Å². The number of carbonyl (C=O) groups excluding carboxylic acids is 1. The number of primary sulfonamides is 1. The Balaban J connectivity index is 1.89. The highest BCUT2D eigenvalue weighted by Gasteiger charge is 2.51. The number of fused-ring (bicyclic) bond motifs is 2. The summed E-state index contributed by atoms with van der Waals surface area (Å²) in [5.74, 6) is -3.29. The zero-order valence-corrected chi connectivity index (χ0v) is 12.9. The van der Waals surface area contributed by atoms with Crippen molar-refractivity contribution in [3.8, 4) is 0 Å². The number of nitrogens with two attached hydrogens (primary N) is 1. The molecule has 0 spiro atoms. The summed E-state index contributed by atoms with van der Waals surface area (Å²) in [5, 5.41) is 17.0. The van der Waals surface area contributed by atoms with Crippen LogP contribution >= 0.6 is 0 Å². The number of rotatable bonds is 4. The van der Waals surface area contributed by atoms with Crippen molar-refractivity contribution in [2.24, 2.45) is 28.8 Å². The van der Waals surface area contributed by atoms with Crippen LogP contribution < -0.4 is 10.5 Å². The molecule has 2 bridgehead atoms. The summed E-state index contributed by atoms with van der Waals surface area (Å²) in [6.07, 6.45) is 4.33. The van der Waals surface area contributed by atoms with E-state index in [0.29, 0.717) is 6.42 Å². The van der Waals surface area contributed by atoms with Crippen molar-refractivity contribution in [3.05, 3.63) is 36.4 Å². The van der Waals surface area contributed by atoms with Crippen LogP contribution in [0.4, 0.5) is 5.69 Å². The Hall–Kier alpha value is -2.19. The third kappa shape index (κ3) is 2.75. The standard InChI is InChI=1S/C15H16N2O5S/c16-23(21,22)11-4-2-1-3-10(11)17-14(18)12-8-5-6-9(7-8)13(12)15(19)20/h1-6,8-9,12-13H,7H2,(H,17,18)(H,19,20)(H2,16,21,22). The zero-order chi connectivity index (χ0) is 16.8. The molecule has 1 fully saturated rings. The average Bonchev–Trinajstić information content (AvgIpc) is 3.07. The lowest BCUT2D eigenvalue weighted by Gasteiger charge is -2.24. The fourth-order valence-corrected chi connectivity index (χ4v) is 4.24. The molecule has 2 aliphatic carbocycles. The summed E-state index contributed by atoms with van der Waals surface area (Å²) in [7, 11) is -3.99. The second-order valence-electron chi connectivity index (χ2n) is 5.87. The minimum atomic E-state index is -3.99. The first kappa shape index (κ1) is 15.7. The van der Waals surface area contributed by atoms with E-state index in [1.165, 1.54) is 18.2 Å². The van der Waals surface area contributed by atoms with E-state index in [1.807, 2.05) is 12.2 Å². The van der Waals surface area contributed by atoms with Gasteiger partial charge in [-0.15, -0.1) is 0 Å². The smallest absolute Gasteiger partial charge is 0.307 e. The molecule has 4 atom stereocenters. The van der Waals surface area contributed by atoms with Gasteiger partial charge in [0.15, 0.2) is 0 Å². The largest absolute Gasteiger partial charge is 0.481 e. The molecule has 1 amide bonds. The first-order valence-electron chi connectivity index (χ1n) is 7.13. The van der Waals surface area contributed by atoms with Crippen molar-refractivity contribution in [1.82, 2.24) is 0 Å². The van der Waals surface area contributed by atoms with Crippen molar-refractivity contribution in [3.63, 3.8) is 0 Å². The predicted octanol–water partition coefficient (Wildman–Crippen LogP) is 0.795.